The second-order valence-electron chi connectivity index (χ2n) is 7.31. The molecule has 4 rings (SSSR count). The Hall–Kier alpha value is -2.86. The zero-order valence-corrected chi connectivity index (χ0v) is 17.6. The number of hydrogen-bond donors (Lipinski definition) is 1. The fourth-order valence-corrected chi connectivity index (χ4v) is 4.36. The Morgan fingerprint density at radius 3 is 2.65 bits per heavy atom. The largest absolute Gasteiger partial charge is 0.479 e. The van der Waals surface area contributed by atoms with Gasteiger partial charge in [-0.15, -0.1) is 0 Å². The number of nitro groups is 1. The number of rotatable bonds is 5. The van der Waals surface area contributed by atoms with Gasteiger partial charge in [0.1, 0.15) is 17.7 Å². The van der Waals surface area contributed by atoms with Crippen molar-refractivity contribution in [2.75, 3.05) is 14.2 Å². The van der Waals surface area contributed by atoms with Crippen LogP contribution in [0.5, 0.6) is 5.75 Å². The number of halogens is 1. The van der Waals surface area contributed by atoms with Crippen LogP contribution in [0.4, 0.5) is 10.1 Å². The molecule has 11 heteroatoms. The minimum atomic E-state index is -1.42. The molecular weight excluding hydrogens is 431 g/mol. The first-order valence-corrected chi connectivity index (χ1v) is 9.63. The van der Waals surface area contributed by atoms with E-state index in [9.17, 15) is 19.6 Å². The van der Waals surface area contributed by atoms with Crippen LogP contribution in [0.3, 0.4) is 0 Å². The molecule has 1 N–H and O–H groups in total. The van der Waals surface area contributed by atoms with E-state index in [1.807, 2.05) is 0 Å². The maximum absolute atomic E-state index is 13.7. The van der Waals surface area contributed by atoms with Crippen LogP contribution in [0, 0.1) is 20.8 Å². The predicted molar refractivity (Wildman–Crippen MR) is 109 cm³/mol. The molecule has 3 aromatic rings. The van der Waals surface area contributed by atoms with E-state index in [0.29, 0.717) is 11.1 Å². The molecule has 0 saturated heterocycles. The minimum Gasteiger partial charge on any atom is -0.479 e. The molecule has 1 aromatic heterocycles. The van der Waals surface area contributed by atoms with Crippen molar-refractivity contribution in [2.24, 2.45) is 0 Å². The Morgan fingerprint density at radius 2 is 2.00 bits per heavy atom. The van der Waals surface area contributed by atoms with Crippen LogP contribution in [-0.2, 0) is 9.47 Å². The average molecular weight is 450 g/mol. The van der Waals surface area contributed by atoms with Crippen LogP contribution >= 0.6 is 12.2 Å². The molecule has 0 aliphatic carbocycles. The van der Waals surface area contributed by atoms with E-state index in [0.717, 1.165) is 0 Å². The molecular formula is C20H19FN2O7S. The van der Waals surface area contributed by atoms with Crippen molar-refractivity contribution in [3.8, 4) is 5.75 Å². The zero-order chi connectivity index (χ0) is 22.5. The second kappa shape index (κ2) is 7.68. The molecule has 1 aliphatic rings. The van der Waals surface area contributed by atoms with E-state index in [1.165, 1.54) is 55.2 Å². The fraction of sp³-hybridized carbons (Fsp3) is 0.350. The number of benzene rings is 2. The van der Waals surface area contributed by atoms with Crippen molar-refractivity contribution in [1.29, 1.82) is 0 Å². The zero-order valence-electron chi connectivity index (χ0n) is 16.8. The number of aliphatic hydroxyl groups is 1. The van der Waals surface area contributed by atoms with Crippen molar-refractivity contribution in [2.45, 2.75) is 31.0 Å². The fourth-order valence-electron chi connectivity index (χ4n) is 4.06. The molecule has 164 valence electrons. The Labute approximate surface area is 180 Å². The average Bonchev–Trinajstić information content (AvgIpc) is 3.04. The molecule has 0 saturated carbocycles. The third-order valence-electron chi connectivity index (χ3n) is 5.49. The first-order chi connectivity index (χ1) is 14.7. The van der Waals surface area contributed by atoms with Gasteiger partial charge < -0.3 is 23.7 Å². The van der Waals surface area contributed by atoms with Crippen LogP contribution in [-0.4, -0.2) is 46.8 Å². The number of nitrogens with zero attached hydrogens (tertiary/aromatic N) is 2. The van der Waals surface area contributed by atoms with Crippen LogP contribution < -0.4 is 4.74 Å². The third-order valence-corrected chi connectivity index (χ3v) is 5.77. The van der Waals surface area contributed by atoms with Gasteiger partial charge in [-0.25, -0.2) is 4.39 Å². The maximum Gasteiger partial charge on any atom is 0.270 e. The molecule has 0 radical (unpaired) electrons. The molecule has 1 aliphatic heterocycles. The van der Waals surface area contributed by atoms with Gasteiger partial charge in [0.05, 0.1) is 16.5 Å². The molecule has 0 amide bonds. The van der Waals surface area contributed by atoms with Crippen molar-refractivity contribution in [3.63, 3.8) is 0 Å². The summed E-state index contributed by atoms with van der Waals surface area (Å²) >= 11 is 5.37. The number of aromatic nitrogens is 1. The van der Waals surface area contributed by atoms with Gasteiger partial charge in [0.15, 0.2) is 17.5 Å². The van der Waals surface area contributed by atoms with Crippen molar-refractivity contribution in [3.05, 3.63) is 62.7 Å². The number of non-ortho nitro benzene ring substituents is 1. The van der Waals surface area contributed by atoms with E-state index in [1.54, 1.807) is 6.92 Å². The Morgan fingerprint density at radius 1 is 1.29 bits per heavy atom. The highest BCUT2D eigenvalue weighted by atomic mass is 32.1. The number of aliphatic hydroxyl groups excluding tert-OH is 1. The van der Waals surface area contributed by atoms with Gasteiger partial charge in [-0.05, 0) is 37.3 Å². The number of oxazole rings is 1. The van der Waals surface area contributed by atoms with E-state index in [2.05, 4.69) is 0 Å². The highest BCUT2D eigenvalue weighted by Gasteiger charge is 2.53. The highest BCUT2D eigenvalue weighted by molar-refractivity contribution is 7.71. The van der Waals surface area contributed by atoms with Gasteiger partial charge in [-0.1, -0.05) is 0 Å². The van der Waals surface area contributed by atoms with E-state index >= 15 is 0 Å². The lowest BCUT2D eigenvalue weighted by Gasteiger charge is -2.46. The number of ether oxygens (including phenoxy) is 3. The van der Waals surface area contributed by atoms with Crippen LogP contribution in [0.15, 0.2) is 40.8 Å². The smallest absolute Gasteiger partial charge is 0.270 e. The molecule has 2 heterocycles. The predicted octanol–water partition coefficient (Wildman–Crippen LogP) is 3.73. The van der Waals surface area contributed by atoms with Gasteiger partial charge in [0.25, 0.3) is 10.5 Å². The summed E-state index contributed by atoms with van der Waals surface area (Å²) in [5, 5.41) is 22.9. The SMILES string of the molecule is COC(OC)[C@]1(C)Oc2ccc([N+](=O)[O-])cc2[C@H](n2c(=S)oc3cc(F)ccc32)[C@H]1O. The molecule has 31 heavy (non-hydrogen) atoms. The van der Waals surface area contributed by atoms with Gasteiger partial charge in [0, 0.05) is 38.0 Å². The van der Waals surface area contributed by atoms with Crippen molar-refractivity contribution in [1.82, 2.24) is 4.57 Å². The van der Waals surface area contributed by atoms with E-state index in [-0.39, 0.29) is 21.9 Å². The number of nitro benzene ring substituents is 1. The second-order valence-corrected chi connectivity index (χ2v) is 7.66. The molecule has 9 nitrogen and oxygen atoms in total. The molecule has 2 aromatic carbocycles. The molecule has 0 spiro atoms. The normalized spacial score (nSPS) is 23.0. The Bertz CT molecular complexity index is 1220. The van der Waals surface area contributed by atoms with Gasteiger partial charge in [0.2, 0.25) is 0 Å². The topological polar surface area (TPSA) is 109 Å². The summed E-state index contributed by atoms with van der Waals surface area (Å²) in [6.07, 6.45) is -2.33. The van der Waals surface area contributed by atoms with Crippen LogP contribution in [0.2, 0.25) is 0 Å². The lowest BCUT2D eigenvalue weighted by Crippen LogP contribution is -2.60. The summed E-state index contributed by atoms with van der Waals surface area (Å²) in [4.78, 5) is 10.8. The Kier molecular flexibility index (Phi) is 5.30. The first-order valence-electron chi connectivity index (χ1n) is 9.23. The van der Waals surface area contributed by atoms with Crippen LogP contribution in [0.1, 0.15) is 18.5 Å². The van der Waals surface area contributed by atoms with Crippen molar-refractivity contribution < 1.29 is 33.0 Å². The molecule has 0 bridgehead atoms. The summed E-state index contributed by atoms with van der Waals surface area (Å²) < 4.78 is 37.5. The van der Waals surface area contributed by atoms with Gasteiger partial charge in [-0.2, -0.15) is 0 Å². The molecule has 3 atom stereocenters. The first kappa shape index (κ1) is 21.4. The van der Waals surface area contributed by atoms with E-state index in [4.69, 9.17) is 30.8 Å². The number of fused-ring (bicyclic) bond motifs is 2. The third kappa shape index (κ3) is 3.30. The van der Waals surface area contributed by atoms with Crippen LogP contribution in [0.25, 0.3) is 11.1 Å². The standard InChI is InChI=1S/C20H19FN2O7S/c1-20(18(27-2)28-3)17(24)16(12-9-11(23(25)26)5-7-14(12)30-20)22-13-6-4-10(21)8-15(13)29-19(22)31/h4-9,16-18,24H,1-3H3/t16-,17+,20+/m0/s1. The number of hydrogen-bond acceptors (Lipinski definition) is 8. The maximum atomic E-state index is 13.7. The summed E-state index contributed by atoms with van der Waals surface area (Å²) in [6, 6.07) is 6.94. The molecule has 0 fully saturated rings. The lowest BCUT2D eigenvalue weighted by molar-refractivity contribution is -0.385. The van der Waals surface area contributed by atoms with Gasteiger partial charge in [-0.3, -0.25) is 14.7 Å². The minimum absolute atomic E-state index is 0.0438. The highest BCUT2D eigenvalue weighted by Crippen LogP contribution is 2.46. The van der Waals surface area contributed by atoms with Crippen molar-refractivity contribution >= 4 is 29.0 Å². The monoisotopic (exact) mass is 450 g/mol. The number of methoxy groups -OCH3 is 2. The summed E-state index contributed by atoms with van der Waals surface area (Å²) in [5.41, 5.74) is -0.719. The summed E-state index contributed by atoms with van der Waals surface area (Å²) in [7, 11) is 2.80. The van der Waals surface area contributed by atoms with E-state index < -0.39 is 34.8 Å². The lowest BCUT2D eigenvalue weighted by atomic mass is 9.84. The van der Waals surface area contributed by atoms with Gasteiger partial charge >= 0.3 is 0 Å². The molecule has 0 unspecified atom stereocenters. The summed E-state index contributed by atoms with van der Waals surface area (Å²) in [5.74, 6) is -0.239. The quantitative estimate of drug-likeness (QED) is 0.271. The summed E-state index contributed by atoms with van der Waals surface area (Å²) in [6.45, 7) is 1.60. The Balaban J connectivity index is 2.01.